The molecule has 4 nitrogen and oxygen atoms in total. The molecule has 0 aromatic heterocycles. The van der Waals surface area contributed by atoms with E-state index in [4.69, 9.17) is 0 Å². The number of likely N-dealkylation sites (tertiary alicyclic amines) is 1. The van der Waals surface area contributed by atoms with Crippen molar-refractivity contribution in [2.45, 2.75) is 44.1 Å². The van der Waals surface area contributed by atoms with Gasteiger partial charge in [0.25, 0.3) is 0 Å². The highest BCUT2D eigenvalue weighted by Gasteiger charge is 2.46. The zero-order valence-electron chi connectivity index (χ0n) is 14.0. The average molecular weight is 362 g/mol. The number of likely N-dealkylation sites (N-methyl/N-ethyl adjacent to an activating group) is 1. The summed E-state index contributed by atoms with van der Waals surface area (Å²) >= 11 is 0. The molecule has 0 saturated carbocycles. The van der Waals surface area contributed by atoms with Crippen molar-refractivity contribution in [1.82, 2.24) is 9.80 Å². The number of carbonyl (C=O) groups excluding carboxylic acids is 1. The molecule has 1 saturated heterocycles. The molecule has 2 rings (SSSR count). The topological polar surface area (TPSA) is 43.8 Å². The zero-order valence-corrected chi connectivity index (χ0v) is 14.0. The molecule has 1 aliphatic rings. The number of hydrogen-bond acceptors (Lipinski definition) is 3. The van der Waals surface area contributed by atoms with E-state index in [-0.39, 0.29) is 31.2 Å². The van der Waals surface area contributed by atoms with Crippen LogP contribution in [0.4, 0.5) is 17.6 Å². The molecule has 1 N–H and O–H groups in total. The molecular weight excluding hydrogens is 340 g/mol. The number of aliphatic hydroxyl groups is 1. The van der Waals surface area contributed by atoms with Gasteiger partial charge in [-0.25, -0.2) is 4.39 Å². The van der Waals surface area contributed by atoms with E-state index in [0.717, 1.165) is 5.56 Å². The van der Waals surface area contributed by atoms with E-state index in [2.05, 4.69) is 0 Å². The lowest BCUT2D eigenvalue weighted by atomic mass is 9.97. The molecular formula is C17H22F4N2O2. The summed E-state index contributed by atoms with van der Waals surface area (Å²) in [6.45, 7) is 0.392. The summed E-state index contributed by atoms with van der Waals surface area (Å²) < 4.78 is 51.4. The largest absolute Gasteiger partial charge is 0.415 e. The standard InChI is InChI=1S/C17H22F4N2O2/c1-22(10-12-5-7-13(18)8-6-12)15(24)11-23-9-3-2-4-14(23)16(25)17(19,20)21/h5-8,14,16,25H,2-4,9-11H2,1H3. The van der Waals surface area contributed by atoms with Crippen molar-refractivity contribution < 1.29 is 27.5 Å². The Morgan fingerprint density at radius 3 is 2.56 bits per heavy atom. The zero-order chi connectivity index (χ0) is 18.6. The SMILES string of the molecule is CN(Cc1ccc(F)cc1)C(=O)CN1CCCCC1C(O)C(F)(F)F. The van der Waals surface area contributed by atoms with Crippen LogP contribution in [0.2, 0.25) is 0 Å². The number of aliphatic hydroxyl groups excluding tert-OH is 1. The summed E-state index contributed by atoms with van der Waals surface area (Å²) in [5.41, 5.74) is 0.725. The smallest absolute Gasteiger partial charge is 0.382 e. The quantitative estimate of drug-likeness (QED) is 0.819. The van der Waals surface area contributed by atoms with E-state index in [1.165, 1.54) is 21.9 Å². The van der Waals surface area contributed by atoms with Gasteiger partial charge < -0.3 is 10.0 Å². The summed E-state index contributed by atoms with van der Waals surface area (Å²) in [6, 6.07) is 4.57. The molecule has 2 unspecified atom stereocenters. The van der Waals surface area contributed by atoms with Crippen LogP contribution in [-0.2, 0) is 11.3 Å². The molecule has 1 heterocycles. The first-order chi connectivity index (χ1) is 11.7. The molecule has 2 atom stereocenters. The fourth-order valence-corrected chi connectivity index (χ4v) is 3.04. The molecule has 1 aromatic rings. The third kappa shape index (κ3) is 5.40. The molecule has 140 valence electrons. The molecule has 1 fully saturated rings. The minimum atomic E-state index is -4.71. The van der Waals surface area contributed by atoms with Gasteiger partial charge in [0.15, 0.2) is 6.10 Å². The molecule has 1 aromatic carbocycles. The molecule has 8 heteroatoms. The average Bonchev–Trinajstić information content (AvgIpc) is 2.56. The second-order valence-corrected chi connectivity index (χ2v) is 6.40. The van der Waals surface area contributed by atoms with Crippen LogP contribution < -0.4 is 0 Å². The van der Waals surface area contributed by atoms with Gasteiger partial charge in [0.2, 0.25) is 5.91 Å². The number of rotatable bonds is 5. The fourth-order valence-electron chi connectivity index (χ4n) is 3.04. The Morgan fingerprint density at radius 2 is 1.96 bits per heavy atom. The Hall–Kier alpha value is -1.67. The highest BCUT2D eigenvalue weighted by atomic mass is 19.4. The van der Waals surface area contributed by atoms with Crippen molar-refractivity contribution in [3.63, 3.8) is 0 Å². The first-order valence-electron chi connectivity index (χ1n) is 8.15. The lowest BCUT2D eigenvalue weighted by Crippen LogP contribution is -2.54. The van der Waals surface area contributed by atoms with Crippen LogP contribution in [0, 0.1) is 5.82 Å². The summed E-state index contributed by atoms with van der Waals surface area (Å²) in [5.74, 6) is -0.722. The Bertz CT molecular complexity index is 577. The van der Waals surface area contributed by atoms with Crippen LogP contribution in [0.25, 0.3) is 0 Å². The number of halogens is 4. The van der Waals surface area contributed by atoms with Crippen LogP contribution in [0.5, 0.6) is 0 Å². The summed E-state index contributed by atoms with van der Waals surface area (Å²) in [7, 11) is 1.55. The van der Waals surface area contributed by atoms with Gasteiger partial charge in [-0.15, -0.1) is 0 Å². The van der Waals surface area contributed by atoms with Gasteiger partial charge in [0.05, 0.1) is 6.54 Å². The number of nitrogens with zero attached hydrogens (tertiary/aromatic N) is 2. The lowest BCUT2D eigenvalue weighted by Gasteiger charge is -2.39. The monoisotopic (exact) mass is 362 g/mol. The third-order valence-electron chi connectivity index (χ3n) is 4.46. The van der Waals surface area contributed by atoms with Gasteiger partial charge in [-0.2, -0.15) is 13.2 Å². The van der Waals surface area contributed by atoms with Gasteiger partial charge in [0, 0.05) is 19.6 Å². The molecule has 25 heavy (non-hydrogen) atoms. The Labute approximate surface area is 144 Å². The predicted molar refractivity (Wildman–Crippen MR) is 84.1 cm³/mol. The van der Waals surface area contributed by atoms with Crippen LogP contribution >= 0.6 is 0 Å². The molecule has 0 radical (unpaired) electrons. The van der Waals surface area contributed by atoms with E-state index in [9.17, 15) is 27.5 Å². The molecule has 1 aliphatic heterocycles. The van der Waals surface area contributed by atoms with Gasteiger partial charge in [0.1, 0.15) is 5.82 Å². The minimum absolute atomic E-state index is 0.185. The van der Waals surface area contributed by atoms with Crippen LogP contribution in [0.3, 0.4) is 0 Å². The Balaban J connectivity index is 1.97. The number of alkyl halides is 3. The Morgan fingerprint density at radius 1 is 1.32 bits per heavy atom. The summed E-state index contributed by atoms with van der Waals surface area (Å²) in [6.07, 6.45) is -5.67. The third-order valence-corrected chi connectivity index (χ3v) is 4.46. The number of piperidine rings is 1. The number of carbonyl (C=O) groups is 1. The van der Waals surface area contributed by atoms with E-state index in [1.807, 2.05) is 0 Å². The maximum atomic E-state index is 12.9. The normalized spacial score (nSPS) is 20.3. The number of hydrogen-bond donors (Lipinski definition) is 1. The first-order valence-corrected chi connectivity index (χ1v) is 8.15. The summed E-state index contributed by atoms with van der Waals surface area (Å²) in [4.78, 5) is 15.1. The van der Waals surface area contributed by atoms with E-state index >= 15 is 0 Å². The lowest BCUT2D eigenvalue weighted by molar-refractivity contribution is -0.224. The van der Waals surface area contributed by atoms with Gasteiger partial charge in [-0.1, -0.05) is 18.6 Å². The summed E-state index contributed by atoms with van der Waals surface area (Å²) in [5, 5.41) is 9.57. The second-order valence-electron chi connectivity index (χ2n) is 6.40. The van der Waals surface area contributed by atoms with Crippen molar-refractivity contribution in [1.29, 1.82) is 0 Å². The highest BCUT2D eigenvalue weighted by molar-refractivity contribution is 5.78. The van der Waals surface area contributed by atoms with E-state index in [0.29, 0.717) is 19.4 Å². The predicted octanol–water partition coefficient (Wildman–Crippen LogP) is 2.56. The van der Waals surface area contributed by atoms with Gasteiger partial charge >= 0.3 is 6.18 Å². The number of amides is 1. The van der Waals surface area contributed by atoms with Gasteiger partial charge in [-0.3, -0.25) is 9.69 Å². The van der Waals surface area contributed by atoms with Gasteiger partial charge in [-0.05, 0) is 37.1 Å². The van der Waals surface area contributed by atoms with E-state index in [1.54, 1.807) is 19.2 Å². The molecule has 1 amide bonds. The van der Waals surface area contributed by atoms with Crippen LogP contribution in [-0.4, -0.2) is 59.3 Å². The maximum absolute atomic E-state index is 12.9. The van der Waals surface area contributed by atoms with Crippen LogP contribution in [0.1, 0.15) is 24.8 Å². The van der Waals surface area contributed by atoms with Crippen molar-refractivity contribution in [2.75, 3.05) is 20.1 Å². The minimum Gasteiger partial charge on any atom is -0.382 e. The fraction of sp³-hybridized carbons (Fsp3) is 0.588. The first kappa shape index (κ1) is 19.7. The second kappa shape index (κ2) is 8.14. The molecule has 0 bridgehead atoms. The Kier molecular flexibility index (Phi) is 6.40. The molecule has 0 spiro atoms. The van der Waals surface area contributed by atoms with E-state index < -0.39 is 18.3 Å². The highest BCUT2D eigenvalue weighted by Crippen LogP contribution is 2.29. The number of benzene rings is 1. The van der Waals surface area contributed by atoms with Crippen molar-refractivity contribution >= 4 is 5.91 Å². The van der Waals surface area contributed by atoms with Crippen molar-refractivity contribution in [3.05, 3.63) is 35.6 Å². The maximum Gasteiger partial charge on any atom is 0.415 e. The molecule has 0 aliphatic carbocycles. The van der Waals surface area contributed by atoms with Crippen molar-refractivity contribution in [2.24, 2.45) is 0 Å². The van der Waals surface area contributed by atoms with Crippen molar-refractivity contribution in [3.8, 4) is 0 Å². The van der Waals surface area contributed by atoms with Crippen LogP contribution in [0.15, 0.2) is 24.3 Å².